The van der Waals surface area contributed by atoms with Crippen molar-refractivity contribution in [3.8, 4) is 0 Å². The highest BCUT2D eigenvalue weighted by atomic mass is 32.2. The topological polar surface area (TPSA) is 54.9 Å². The van der Waals surface area contributed by atoms with E-state index < -0.39 is 9.84 Å². The summed E-state index contributed by atoms with van der Waals surface area (Å²) in [7, 11) is -2.89. The van der Waals surface area contributed by atoms with Gasteiger partial charge in [-0.3, -0.25) is 0 Å². The van der Waals surface area contributed by atoms with Crippen molar-refractivity contribution in [3.05, 3.63) is 16.7 Å². The van der Waals surface area contributed by atoms with E-state index in [0.29, 0.717) is 17.1 Å². The maximum absolute atomic E-state index is 11.7. The van der Waals surface area contributed by atoms with Crippen molar-refractivity contribution in [3.63, 3.8) is 0 Å². The van der Waals surface area contributed by atoms with Gasteiger partial charge in [0.05, 0.1) is 11.0 Å². The Hall–Kier alpha value is -0.620. The van der Waals surface area contributed by atoms with Crippen LogP contribution in [0.4, 0.5) is 0 Å². The number of nitrogens with zero attached hydrogens (tertiary/aromatic N) is 1. The van der Waals surface area contributed by atoms with Gasteiger partial charge in [0.15, 0.2) is 14.6 Å². The SMILES string of the molecule is CCc1c[nH]c(=S)n1CC1CCCS1(=O)=O. The molecule has 1 saturated heterocycles. The molecule has 1 unspecified atom stereocenters. The normalized spacial score (nSPS) is 23.7. The van der Waals surface area contributed by atoms with Gasteiger partial charge >= 0.3 is 0 Å². The van der Waals surface area contributed by atoms with Crippen LogP contribution in [-0.2, 0) is 22.8 Å². The number of aromatic nitrogens is 2. The predicted molar refractivity (Wildman–Crippen MR) is 65.8 cm³/mol. The summed E-state index contributed by atoms with van der Waals surface area (Å²) >= 11 is 5.16. The number of hydrogen-bond acceptors (Lipinski definition) is 3. The lowest BCUT2D eigenvalue weighted by atomic mass is 10.2. The van der Waals surface area contributed by atoms with E-state index in [2.05, 4.69) is 4.98 Å². The molecular weight excluding hydrogens is 244 g/mol. The highest BCUT2D eigenvalue weighted by Crippen LogP contribution is 2.22. The first-order valence-electron chi connectivity index (χ1n) is 5.53. The average molecular weight is 260 g/mol. The van der Waals surface area contributed by atoms with Gasteiger partial charge in [0.2, 0.25) is 0 Å². The molecule has 1 atom stereocenters. The fourth-order valence-electron chi connectivity index (χ4n) is 2.19. The molecule has 1 aromatic heterocycles. The highest BCUT2D eigenvalue weighted by Gasteiger charge is 2.31. The molecule has 0 spiro atoms. The lowest BCUT2D eigenvalue weighted by Gasteiger charge is -2.12. The van der Waals surface area contributed by atoms with E-state index in [1.165, 1.54) is 0 Å². The minimum absolute atomic E-state index is 0.250. The van der Waals surface area contributed by atoms with E-state index in [1.54, 1.807) is 0 Å². The minimum Gasteiger partial charge on any atom is -0.337 e. The lowest BCUT2D eigenvalue weighted by Crippen LogP contribution is -2.23. The first-order chi connectivity index (χ1) is 7.54. The number of aromatic amines is 1. The molecule has 1 aromatic rings. The van der Waals surface area contributed by atoms with Crippen LogP contribution < -0.4 is 0 Å². The molecule has 0 aromatic carbocycles. The Morgan fingerprint density at radius 2 is 2.38 bits per heavy atom. The van der Waals surface area contributed by atoms with E-state index in [1.807, 2.05) is 17.7 Å². The molecule has 2 rings (SSSR count). The smallest absolute Gasteiger partial charge is 0.177 e. The number of nitrogens with one attached hydrogen (secondary N) is 1. The Morgan fingerprint density at radius 1 is 1.62 bits per heavy atom. The summed E-state index contributed by atoms with van der Waals surface area (Å²) in [5.41, 5.74) is 1.08. The quantitative estimate of drug-likeness (QED) is 0.841. The molecule has 2 heterocycles. The van der Waals surface area contributed by atoms with E-state index >= 15 is 0 Å². The van der Waals surface area contributed by atoms with Gasteiger partial charge in [-0.15, -0.1) is 0 Å². The predicted octanol–water partition coefficient (Wildman–Crippen LogP) is 1.69. The van der Waals surface area contributed by atoms with Crippen LogP contribution in [0, 0.1) is 4.77 Å². The Bertz CT molecular complexity index is 527. The molecule has 90 valence electrons. The van der Waals surface area contributed by atoms with Gasteiger partial charge in [-0.1, -0.05) is 6.92 Å². The van der Waals surface area contributed by atoms with Gasteiger partial charge < -0.3 is 9.55 Å². The molecule has 0 amide bonds. The molecule has 1 aliphatic rings. The Labute approximate surface area is 101 Å². The van der Waals surface area contributed by atoms with Crippen molar-refractivity contribution in [2.24, 2.45) is 0 Å². The van der Waals surface area contributed by atoms with Crippen LogP contribution >= 0.6 is 12.2 Å². The lowest BCUT2D eigenvalue weighted by molar-refractivity contribution is 0.558. The zero-order valence-electron chi connectivity index (χ0n) is 9.27. The number of rotatable bonds is 3. The molecule has 1 fully saturated rings. The maximum Gasteiger partial charge on any atom is 0.177 e. The Morgan fingerprint density at radius 3 is 2.94 bits per heavy atom. The van der Waals surface area contributed by atoms with E-state index in [9.17, 15) is 8.42 Å². The van der Waals surface area contributed by atoms with Crippen molar-refractivity contribution in [1.82, 2.24) is 9.55 Å². The molecule has 16 heavy (non-hydrogen) atoms. The van der Waals surface area contributed by atoms with Gasteiger partial charge in [0.25, 0.3) is 0 Å². The van der Waals surface area contributed by atoms with E-state index in [-0.39, 0.29) is 5.25 Å². The standard InChI is InChI=1S/C10H16N2O2S2/c1-2-8-6-11-10(15)12(8)7-9-4-3-5-16(9,13)14/h6,9H,2-5,7H2,1H3,(H,11,15). The minimum atomic E-state index is -2.89. The van der Waals surface area contributed by atoms with Crippen LogP contribution in [0.2, 0.25) is 0 Å². The van der Waals surface area contributed by atoms with Crippen molar-refractivity contribution in [2.75, 3.05) is 5.75 Å². The zero-order valence-corrected chi connectivity index (χ0v) is 10.9. The summed E-state index contributed by atoms with van der Waals surface area (Å²) in [5.74, 6) is 0.330. The molecule has 1 aliphatic heterocycles. The van der Waals surface area contributed by atoms with Crippen LogP contribution in [-0.4, -0.2) is 29.0 Å². The number of imidazole rings is 1. The average Bonchev–Trinajstić information content (AvgIpc) is 2.73. The van der Waals surface area contributed by atoms with Crippen LogP contribution in [0.25, 0.3) is 0 Å². The maximum atomic E-state index is 11.7. The van der Waals surface area contributed by atoms with Crippen LogP contribution in [0.3, 0.4) is 0 Å². The van der Waals surface area contributed by atoms with Gasteiger partial charge in [-0.25, -0.2) is 8.42 Å². The second kappa shape index (κ2) is 4.33. The molecule has 4 nitrogen and oxygen atoms in total. The second-order valence-corrected chi connectivity index (χ2v) is 6.97. The van der Waals surface area contributed by atoms with Crippen molar-refractivity contribution in [1.29, 1.82) is 0 Å². The summed E-state index contributed by atoms with van der Waals surface area (Å²) < 4.78 is 26.0. The fraction of sp³-hybridized carbons (Fsp3) is 0.700. The molecule has 1 N–H and O–H groups in total. The Kier molecular flexibility index (Phi) is 3.21. The molecule has 0 aliphatic carbocycles. The van der Waals surface area contributed by atoms with Crippen LogP contribution in [0.1, 0.15) is 25.5 Å². The van der Waals surface area contributed by atoms with Gasteiger partial charge in [-0.2, -0.15) is 0 Å². The number of sulfone groups is 1. The van der Waals surface area contributed by atoms with Gasteiger partial charge in [0.1, 0.15) is 0 Å². The van der Waals surface area contributed by atoms with E-state index in [0.717, 1.165) is 25.0 Å². The molecular formula is C10H16N2O2S2. The van der Waals surface area contributed by atoms with Crippen molar-refractivity contribution < 1.29 is 8.42 Å². The van der Waals surface area contributed by atoms with Crippen LogP contribution in [0.15, 0.2) is 6.20 Å². The third kappa shape index (κ3) is 2.08. The van der Waals surface area contributed by atoms with Gasteiger partial charge in [0, 0.05) is 18.4 Å². The van der Waals surface area contributed by atoms with E-state index in [4.69, 9.17) is 12.2 Å². The summed E-state index contributed by atoms with van der Waals surface area (Å²) in [5, 5.41) is -0.250. The summed E-state index contributed by atoms with van der Waals surface area (Å²) in [6.07, 6.45) is 4.27. The molecule has 0 saturated carbocycles. The number of aryl methyl sites for hydroxylation is 1. The Balaban J connectivity index is 2.27. The summed E-state index contributed by atoms with van der Waals surface area (Å²) in [4.78, 5) is 2.97. The molecule has 0 bridgehead atoms. The molecule has 6 heteroatoms. The second-order valence-electron chi connectivity index (χ2n) is 4.18. The van der Waals surface area contributed by atoms with Crippen molar-refractivity contribution >= 4 is 22.1 Å². The monoisotopic (exact) mass is 260 g/mol. The zero-order chi connectivity index (χ0) is 11.8. The van der Waals surface area contributed by atoms with Crippen molar-refractivity contribution in [2.45, 2.75) is 38.0 Å². The number of hydrogen-bond donors (Lipinski definition) is 1. The first kappa shape index (κ1) is 11.9. The molecule has 0 radical (unpaired) electrons. The van der Waals surface area contributed by atoms with Crippen LogP contribution in [0.5, 0.6) is 0 Å². The third-order valence-electron chi connectivity index (χ3n) is 3.17. The highest BCUT2D eigenvalue weighted by molar-refractivity contribution is 7.92. The largest absolute Gasteiger partial charge is 0.337 e. The third-order valence-corrected chi connectivity index (χ3v) is 5.76. The van der Waals surface area contributed by atoms with Gasteiger partial charge in [-0.05, 0) is 31.5 Å². The first-order valence-corrected chi connectivity index (χ1v) is 7.65. The number of H-pyrrole nitrogens is 1. The summed E-state index contributed by atoms with van der Waals surface area (Å²) in [6.45, 7) is 2.55. The summed E-state index contributed by atoms with van der Waals surface area (Å²) in [6, 6.07) is 0. The fourth-order valence-corrected chi connectivity index (χ4v) is 4.25.